The average molecular weight is 309 g/mol. The fourth-order valence-corrected chi connectivity index (χ4v) is 2.22. The fourth-order valence-electron chi connectivity index (χ4n) is 1.53. The van der Waals surface area contributed by atoms with Crippen molar-refractivity contribution in [2.24, 2.45) is 0 Å². The Balaban J connectivity index is 2.87. The van der Waals surface area contributed by atoms with Crippen molar-refractivity contribution in [2.75, 3.05) is 12.4 Å². The van der Waals surface area contributed by atoms with Gasteiger partial charge in [0, 0.05) is 24.5 Å². The van der Waals surface area contributed by atoms with Crippen LogP contribution in [0, 0.1) is 6.92 Å². The van der Waals surface area contributed by atoms with E-state index in [-0.39, 0.29) is 0 Å². The number of aryl methyl sites for hydroxylation is 2. The smallest absolute Gasteiger partial charge is 0.0860 e. The SMILES string of the molecule is CCn1nc(C)c(Cl)c1CN(C)C(C)CBr. The van der Waals surface area contributed by atoms with Gasteiger partial charge in [0.05, 0.1) is 16.4 Å². The van der Waals surface area contributed by atoms with E-state index in [1.54, 1.807) is 0 Å². The number of halogens is 2. The van der Waals surface area contributed by atoms with Gasteiger partial charge >= 0.3 is 0 Å². The molecule has 0 N–H and O–H groups in total. The minimum absolute atomic E-state index is 0.483. The van der Waals surface area contributed by atoms with Crippen LogP contribution in [0.1, 0.15) is 25.2 Å². The van der Waals surface area contributed by atoms with Crippen LogP contribution in [-0.4, -0.2) is 33.1 Å². The minimum Gasteiger partial charge on any atom is -0.297 e. The number of hydrogen-bond acceptors (Lipinski definition) is 2. The summed E-state index contributed by atoms with van der Waals surface area (Å²) in [6.07, 6.45) is 0. The number of alkyl halides is 1. The topological polar surface area (TPSA) is 21.1 Å². The van der Waals surface area contributed by atoms with Gasteiger partial charge in [-0.15, -0.1) is 0 Å². The molecule has 0 bridgehead atoms. The molecule has 0 saturated heterocycles. The standard InChI is InChI=1S/C11H19BrClN3/c1-5-16-10(11(13)9(3)14-16)7-15(4)8(2)6-12/h8H,5-7H2,1-4H3. The summed E-state index contributed by atoms with van der Waals surface area (Å²) in [5.74, 6) is 0. The summed E-state index contributed by atoms with van der Waals surface area (Å²) in [7, 11) is 2.10. The molecule has 1 aromatic rings. The molecule has 0 aliphatic rings. The van der Waals surface area contributed by atoms with Gasteiger partial charge in [0.15, 0.2) is 0 Å². The van der Waals surface area contributed by atoms with Crippen LogP contribution in [0.3, 0.4) is 0 Å². The first-order valence-electron chi connectivity index (χ1n) is 5.49. The quantitative estimate of drug-likeness (QED) is 0.780. The summed E-state index contributed by atoms with van der Waals surface area (Å²) in [4.78, 5) is 2.27. The number of rotatable bonds is 5. The first-order valence-corrected chi connectivity index (χ1v) is 6.99. The van der Waals surface area contributed by atoms with Crippen molar-refractivity contribution in [3.63, 3.8) is 0 Å². The zero-order chi connectivity index (χ0) is 12.3. The van der Waals surface area contributed by atoms with Crippen molar-refractivity contribution in [2.45, 2.75) is 39.9 Å². The third kappa shape index (κ3) is 2.99. The predicted octanol–water partition coefficient (Wildman–Crippen LogP) is 3.08. The molecular weight excluding hydrogens is 289 g/mol. The third-order valence-corrected chi connectivity index (χ3v) is 4.26. The van der Waals surface area contributed by atoms with E-state index in [2.05, 4.69) is 46.8 Å². The lowest BCUT2D eigenvalue weighted by Crippen LogP contribution is -2.30. The van der Waals surface area contributed by atoms with Gasteiger partial charge in [-0.05, 0) is 27.8 Å². The Morgan fingerprint density at radius 2 is 2.19 bits per heavy atom. The minimum atomic E-state index is 0.483. The highest BCUT2D eigenvalue weighted by Gasteiger charge is 2.16. The Morgan fingerprint density at radius 3 is 2.69 bits per heavy atom. The third-order valence-electron chi connectivity index (χ3n) is 2.83. The lowest BCUT2D eigenvalue weighted by molar-refractivity contribution is 0.262. The molecule has 1 atom stereocenters. The second kappa shape index (κ2) is 6.03. The maximum absolute atomic E-state index is 6.26. The van der Waals surface area contributed by atoms with Crippen LogP contribution in [0.5, 0.6) is 0 Å². The summed E-state index contributed by atoms with van der Waals surface area (Å²) in [5, 5.41) is 6.17. The molecule has 0 aliphatic heterocycles. The van der Waals surface area contributed by atoms with Gasteiger partial charge in [-0.25, -0.2) is 0 Å². The predicted molar refractivity (Wildman–Crippen MR) is 72.4 cm³/mol. The molecule has 0 fully saturated rings. The zero-order valence-electron chi connectivity index (χ0n) is 10.3. The van der Waals surface area contributed by atoms with Crippen LogP contribution in [0.15, 0.2) is 0 Å². The second-order valence-electron chi connectivity index (χ2n) is 4.08. The Labute approximate surface area is 111 Å². The fraction of sp³-hybridized carbons (Fsp3) is 0.727. The van der Waals surface area contributed by atoms with Crippen LogP contribution < -0.4 is 0 Å². The Hall–Kier alpha value is -0.0600. The Kier molecular flexibility index (Phi) is 5.28. The number of nitrogens with zero attached hydrogens (tertiary/aromatic N) is 3. The van der Waals surface area contributed by atoms with Gasteiger partial charge in [0.25, 0.3) is 0 Å². The van der Waals surface area contributed by atoms with E-state index in [0.717, 1.165) is 34.8 Å². The Bertz CT molecular complexity index is 351. The van der Waals surface area contributed by atoms with Crippen molar-refractivity contribution >= 4 is 27.5 Å². The van der Waals surface area contributed by atoms with E-state index in [1.807, 2.05) is 11.6 Å². The summed E-state index contributed by atoms with van der Waals surface area (Å²) in [5.41, 5.74) is 2.02. The molecular formula is C11H19BrClN3. The molecule has 0 spiro atoms. The van der Waals surface area contributed by atoms with E-state index < -0.39 is 0 Å². The maximum Gasteiger partial charge on any atom is 0.0860 e. The summed E-state index contributed by atoms with van der Waals surface area (Å²) in [6, 6.07) is 0.483. The van der Waals surface area contributed by atoms with Gasteiger partial charge in [0.1, 0.15) is 0 Å². The molecule has 0 saturated carbocycles. The molecule has 0 radical (unpaired) electrons. The molecule has 1 rings (SSSR count). The van der Waals surface area contributed by atoms with Gasteiger partial charge in [-0.3, -0.25) is 9.58 Å². The van der Waals surface area contributed by atoms with E-state index in [1.165, 1.54) is 0 Å². The van der Waals surface area contributed by atoms with Crippen molar-refractivity contribution in [1.82, 2.24) is 14.7 Å². The lowest BCUT2D eigenvalue weighted by Gasteiger charge is -2.23. The molecule has 0 aliphatic carbocycles. The molecule has 1 aromatic heterocycles. The van der Waals surface area contributed by atoms with Crippen molar-refractivity contribution in [3.05, 3.63) is 16.4 Å². The molecule has 5 heteroatoms. The van der Waals surface area contributed by atoms with Crippen LogP contribution in [-0.2, 0) is 13.1 Å². The molecule has 0 amide bonds. The molecule has 0 aromatic carbocycles. The van der Waals surface area contributed by atoms with Crippen LogP contribution in [0.25, 0.3) is 0 Å². The van der Waals surface area contributed by atoms with Crippen LogP contribution in [0.4, 0.5) is 0 Å². The van der Waals surface area contributed by atoms with Gasteiger partial charge in [-0.2, -0.15) is 5.10 Å². The number of aromatic nitrogens is 2. The van der Waals surface area contributed by atoms with Crippen LogP contribution in [0.2, 0.25) is 5.02 Å². The van der Waals surface area contributed by atoms with Gasteiger partial charge in [0.2, 0.25) is 0 Å². The normalized spacial score (nSPS) is 13.4. The highest BCUT2D eigenvalue weighted by Crippen LogP contribution is 2.22. The average Bonchev–Trinajstić information content (AvgIpc) is 2.55. The Morgan fingerprint density at radius 1 is 1.56 bits per heavy atom. The summed E-state index contributed by atoms with van der Waals surface area (Å²) in [6.45, 7) is 7.91. The summed E-state index contributed by atoms with van der Waals surface area (Å²) >= 11 is 9.75. The number of hydrogen-bond donors (Lipinski definition) is 0. The van der Waals surface area contributed by atoms with Crippen molar-refractivity contribution in [3.8, 4) is 0 Å². The summed E-state index contributed by atoms with van der Waals surface area (Å²) < 4.78 is 1.98. The molecule has 16 heavy (non-hydrogen) atoms. The largest absolute Gasteiger partial charge is 0.297 e. The highest BCUT2D eigenvalue weighted by molar-refractivity contribution is 9.09. The van der Waals surface area contributed by atoms with E-state index in [0.29, 0.717) is 6.04 Å². The first kappa shape index (κ1) is 14.0. The van der Waals surface area contributed by atoms with E-state index in [9.17, 15) is 0 Å². The van der Waals surface area contributed by atoms with Gasteiger partial charge in [-0.1, -0.05) is 27.5 Å². The molecule has 92 valence electrons. The molecule has 1 heterocycles. The zero-order valence-corrected chi connectivity index (χ0v) is 12.6. The maximum atomic E-state index is 6.26. The molecule has 3 nitrogen and oxygen atoms in total. The van der Waals surface area contributed by atoms with Crippen molar-refractivity contribution < 1.29 is 0 Å². The second-order valence-corrected chi connectivity index (χ2v) is 5.11. The first-order chi connectivity index (χ1) is 7.51. The monoisotopic (exact) mass is 307 g/mol. The van der Waals surface area contributed by atoms with E-state index >= 15 is 0 Å². The van der Waals surface area contributed by atoms with Crippen LogP contribution >= 0.6 is 27.5 Å². The highest BCUT2D eigenvalue weighted by atomic mass is 79.9. The van der Waals surface area contributed by atoms with Gasteiger partial charge < -0.3 is 0 Å². The lowest BCUT2D eigenvalue weighted by atomic mass is 10.3. The van der Waals surface area contributed by atoms with Crippen molar-refractivity contribution in [1.29, 1.82) is 0 Å². The van der Waals surface area contributed by atoms with E-state index in [4.69, 9.17) is 11.6 Å². The molecule has 1 unspecified atom stereocenters.